The molecule has 1 aliphatic rings. The first kappa shape index (κ1) is 23.8. The lowest BCUT2D eigenvalue weighted by atomic mass is 9.82. The molecule has 0 spiro atoms. The Balaban J connectivity index is 1.40. The first-order valence-corrected chi connectivity index (χ1v) is 14.2. The molecular formula is C39H29NO. The molecule has 0 fully saturated rings. The Morgan fingerprint density at radius 1 is 0.537 bits per heavy atom. The van der Waals surface area contributed by atoms with Gasteiger partial charge in [-0.05, 0) is 75.8 Å². The number of hydrogen-bond acceptors (Lipinski definition) is 2. The number of hydrogen-bond donors (Lipinski definition) is 0. The standard InChI is InChI=1S/C39H29NO/c1-39(2)32-24-23-28(25-31(32)37-29(18-11-19-33(37)39)26-13-5-3-6-14-26)40(27-15-7-4-8-16-27)34-20-12-22-36-38(34)30-17-9-10-21-35(30)41-36/h3-25H,1-2H3. The van der Waals surface area contributed by atoms with Crippen molar-refractivity contribution >= 4 is 39.0 Å². The fourth-order valence-electron chi connectivity index (χ4n) is 6.74. The number of furan rings is 1. The topological polar surface area (TPSA) is 16.4 Å². The molecule has 0 saturated carbocycles. The van der Waals surface area contributed by atoms with Gasteiger partial charge in [0.05, 0.1) is 11.1 Å². The highest BCUT2D eigenvalue weighted by Crippen LogP contribution is 2.54. The third kappa shape index (κ3) is 3.57. The molecule has 0 bridgehead atoms. The predicted molar refractivity (Wildman–Crippen MR) is 171 cm³/mol. The van der Waals surface area contributed by atoms with E-state index in [1.807, 2.05) is 12.1 Å². The van der Waals surface area contributed by atoms with Crippen LogP contribution in [0, 0.1) is 0 Å². The molecule has 41 heavy (non-hydrogen) atoms. The lowest BCUT2D eigenvalue weighted by Crippen LogP contribution is -2.15. The van der Waals surface area contributed by atoms with Crippen LogP contribution in [0.3, 0.4) is 0 Å². The van der Waals surface area contributed by atoms with Crippen molar-refractivity contribution in [3.63, 3.8) is 0 Å². The molecule has 0 atom stereocenters. The summed E-state index contributed by atoms with van der Waals surface area (Å²) in [5.74, 6) is 0. The van der Waals surface area contributed by atoms with Gasteiger partial charge < -0.3 is 9.32 Å². The van der Waals surface area contributed by atoms with Crippen LogP contribution in [0.5, 0.6) is 0 Å². The van der Waals surface area contributed by atoms with Crippen molar-refractivity contribution in [3.05, 3.63) is 151 Å². The molecule has 1 aromatic heterocycles. The second-order valence-corrected chi connectivity index (χ2v) is 11.4. The van der Waals surface area contributed by atoms with Gasteiger partial charge in [0.2, 0.25) is 0 Å². The summed E-state index contributed by atoms with van der Waals surface area (Å²) in [6.45, 7) is 4.69. The Bertz CT molecular complexity index is 2070. The minimum Gasteiger partial charge on any atom is -0.456 e. The number of anilines is 3. The summed E-state index contributed by atoms with van der Waals surface area (Å²) in [6.07, 6.45) is 0. The van der Waals surface area contributed by atoms with E-state index in [1.54, 1.807) is 0 Å². The summed E-state index contributed by atoms with van der Waals surface area (Å²) in [5.41, 5.74) is 12.9. The normalized spacial score (nSPS) is 13.3. The fourth-order valence-corrected chi connectivity index (χ4v) is 6.74. The first-order chi connectivity index (χ1) is 20.1. The van der Waals surface area contributed by atoms with Crippen molar-refractivity contribution < 1.29 is 4.42 Å². The van der Waals surface area contributed by atoms with E-state index in [9.17, 15) is 0 Å². The lowest BCUT2D eigenvalue weighted by Gasteiger charge is -2.27. The summed E-state index contributed by atoms with van der Waals surface area (Å²) in [5, 5.41) is 2.25. The molecule has 0 radical (unpaired) electrons. The van der Waals surface area contributed by atoms with Gasteiger partial charge in [-0.2, -0.15) is 0 Å². The fraction of sp³-hybridized carbons (Fsp3) is 0.0769. The van der Waals surface area contributed by atoms with Gasteiger partial charge in [-0.15, -0.1) is 0 Å². The summed E-state index contributed by atoms with van der Waals surface area (Å²) >= 11 is 0. The van der Waals surface area contributed by atoms with Gasteiger partial charge in [-0.3, -0.25) is 0 Å². The Kier molecular flexibility index (Phi) is 5.20. The summed E-state index contributed by atoms with van der Waals surface area (Å²) in [4.78, 5) is 2.38. The average Bonchev–Trinajstić information content (AvgIpc) is 3.51. The molecule has 7 aromatic rings. The Labute approximate surface area is 240 Å². The van der Waals surface area contributed by atoms with E-state index in [-0.39, 0.29) is 5.41 Å². The van der Waals surface area contributed by atoms with Crippen LogP contribution in [0.1, 0.15) is 25.0 Å². The highest BCUT2D eigenvalue weighted by Gasteiger charge is 2.37. The second-order valence-electron chi connectivity index (χ2n) is 11.4. The van der Waals surface area contributed by atoms with Gasteiger partial charge in [-0.1, -0.05) is 111 Å². The third-order valence-corrected chi connectivity index (χ3v) is 8.66. The Morgan fingerprint density at radius 2 is 1.24 bits per heavy atom. The highest BCUT2D eigenvalue weighted by atomic mass is 16.3. The molecule has 2 heteroatoms. The minimum absolute atomic E-state index is 0.0909. The quantitative estimate of drug-likeness (QED) is 0.226. The van der Waals surface area contributed by atoms with Gasteiger partial charge in [0, 0.05) is 22.2 Å². The van der Waals surface area contributed by atoms with E-state index in [2.05, 4.69) is 146 Å². The second kappa shape index (κ2) is 8.97. The van der Waals surface area contributed by atoms with Crippen LogP contribution >= 0.6 is 0 Å². The number of benzene rings is 6. The zero-order valence-electron chi connectivity index (χ0n) is 23.1. The number of para-hydroxylation sites is 2. The largest absolute Gasteiger partial charge is 0.456 e. The Hall–Kier alpha value is -5.08. The summed E-state index contributed by atoms with van der Waals surface area (Å²) in [7, 11) is 0. The first-order valence-electron chi connectivity index (χ1n) is 14.2. The summed E-state index contributed by atoms with van der Waals surface area (Å²) < 4.78 is 6.30. The maximum absolute atomic E-state index is 6.30. The third-order valence-electron chi connectivity index (χ3n) is 8.66. The molecular weight excluding hydrogens is 498 g/mol. The van der Waals surface area contributed by atoms with E-state index in [1.165, 1.54) is 33.4 Å². The number of fused-ring (bicyclic) bond motifs is 6. The molecule has 1 heterocycles. The molecule has 0 aliphatic heterocycles. The average molecular weight is 528 g/mol. The van der Waals surface area contributed by atoms with Crippen molar-refractivity contribution in [2.45, 2.75) is 19.3 Å². The highest BCUT2D eigenvalue weighted by molar-refractivity contribution is 6.13. The van der Waals surface area contributed by atoms with Crippen molar-refractivity contribution in [2.24, 2.45) is 0 Å². The van der Waals surface area contributed by atoms with Crippen LogP contribution in [0.2, 0.25) is 0 Å². The molecule has 0 saturated heterocycles. The summed E-state index contributed by atoms with van der Waals surface area (Å²) in [6, 6.07) is 49.9. The zero-order valence-corrected chi connectivity index (χ0v) is 23.1. The lowest BCUT2D eigenvalue weighted by molar-refractivity contribution is 0.660. The molecule has 0 amide bonds. The van der Waals surface area contributed by atoms with E-state index < -0.39 is 0 Å². The van der Waals surface area contributed by atoms with E-state index in [0.717, 1.165) is 39.0 Å². The van der Waals surface area contributed by atoms with E-state index in [4.69, 9.17) is 4.42 Å². The van der Waals surface area contributed by atoms with Crippen molar-refractivity contribution in [2.75, 3.05) is 4.90 Å². The van der Waals surface area contributed by atoms with Crippen molar-refractivity contribution in [1.29, 1.82) is 0 Å². The molecule has 1 aliphatic carbocycles. The smallest absolute Gasteiger partial charge is 0.137 e. The number of rotatable bonds is 4. The van der Waals surface area contributed by atoms with Crippen LogP contribution in [0.15, 0.2) is 144 Å². The molecule has 6 aromatic carbocycles. The van der Waals surface area contributed by atoms with Crippen LogP contribution in [0.4, 0.5) is 17.1 Å². The monoisotopic (exact) mass is 527 g/mol. The maximum atomic E-state index is 6.30. The van der Waals surface area contributed by atoms with Crippen molar-refractivity contribution in [3.8, 4) is 22.3 Å². The SMILES string of the molecule is CC1(C)c2ccc(N(c3ccccc3)c3cccc4oc5ccccc5c34)cc2-c2c(-c3ccccc3)cccc21. The molecule has 0 unspecified atom stereocenters. The van der Waals surface area contributed by atoms with E-state index in [0.29, 0.717) is 0 Å². The molecule has 0 N–H and O–H groups in total. The van der Waals surface area contributed by atoms with Gasteiger partial charge in [0.1, 0.15) is 11.2 Å². The molecule has 196 valence electrons. The van der Waals surface area contributed by atoms with Gasteiger partial charge >= 0.3 is 0 Å². The minimum atomic E-state index is -0.0909. The van der Waals surface area contributed by atoms with Gasteiger partial charge in [0.25, 0.3) is 0 Å². The van der Waals surface area contributed by atoms with Crippen LogP contribution < -0.4 is 4.90 Å². The van der Waals surface area contributed by atoms with Gasteiger partial charge in [-0.25, -0.2) is 0 Å². The molecule has 8 rings (SSSR count). The van der Waals surface area contributed by atoms with Crippen LogP contribution in [-0.4, -0.2) is 0 Å². The van der Waals surface area contributed by atoms with E-state index >= 15 is 0 Å². The van der Waals surface area contributed by atoms with Crippen LogP contribution in [-0.2, 0) is 5.41 Å². The number of nitrogens with zero attached hydrogens (tertiary/aromatic N) is 1. The maximum Gasteiger partial charge on any atom is 0.137 e. The predicted octanol–water partition coefficient (Wildman–Crippen LogP) is 11.0. The van der Waals surface area contributed by atoms with Crippen LogP contribution in [0.25, 0.3) is 44.2 Å². The molecule has 2 nitrogen and oxygen atoms in total. The Morgan fingerprint density at radius 3 is 2.07 bits per heavy atom. The zero-order chi connectivity index (χ0) is 27.6. The van der Waals surface area contributed by atoms with Gasteiger partial charge in [0.15, 0.2) is 0 Å². The van der Waals surface area contributed by atoms with Crippen molar-refractivity contribution in [1.82, 2.24) is 0 Å².